The van der Waals surface area contributed by atoms with Crippen molar-refractivity contribution < 1.29 is 9.21 Å². The molecule has 7 heteroatoms. The maximum Gasteiger partial charge on any atom is 0.287 e. The summed E-state index contributed by atoms with van der Waals surface area (Å²) in [7, 11) is 1.79. The third kappa shape index (κ3) is 2.96. The van der Waals surface area contributed by atoms with Gasteiger partial charge in [0, 0.05) is 30.9 Å². The van der Waals surface area contributed by atoms with Crippen LogP contribution >= 0.6 is 0 Å². The van der Waals surface area contributed by atoms with Crippen LogP contribution in [0.3, 0.4) is 0 Å². The van der Waals surface area contributed by atoms with E-state index in [9.17, 15) is 4.79 Å². The van der Waals surface area contributed by atoms with Crippen LogP contribution in [-0.2, 0) is 26.6 Å². The van der Waals surface area contributed by atoms with Gasteiger partial charge in [0.2, 0.25) is 0 Å². The number of benzene rings is 1. The number of aryl methyl sites for hydroxylation is 1. The molecule has 1 aromatic carbocycles. The number of carbonyl (C=O) groups is 1. The molecule has 0 saturated carbocycles. The Hall–Kier alpha value is -3.09. The quantitative estimate of drug-likeness (QED) is 0.763. The standard InChI is InChI=1S/C19H21N5O2/c1-13-9-14-5-3-4-6-17(14)24(13)12-15-7-8-26-18(15)19(25)20-10-16-11-21-22-23(16)2/h3-8,11,13H,9-10,12H2,1-2H3,(H,20,25). The first kappa shape index (κ1) is 16.4. The number of aromatic nitrogens is 3. The lowest BCUT2D eigenvalue weighted by atomic mass is 10.1. The Kier molecular flexibility index (Phi) is 4.20. The number of nitrogens with zero attached hydrogens (tertiary/aromatic N) is 4. The molecule has 1 aliphatic heterocycles. The van der Waals surface area contributed by atoms with Crippen LogP contribution in [0.5, 0.6) is 0 Å². The average molecular weight is 351 g/mol. The first-order chi connectivity index (χ1) is 12.6. The molecule has 4 rings (SSSR count). The highest BCUT2D eigenvalue weighted by Crippen LogP contribution is 2.33. The molecule has 0 bridgehead atoms. The lowest BCUT2D eigenvalue weighted by Crippen LogP contribution is -2.30. The summed E-state index contributed by atoms with van der Waals surface area (Å²) in [4.78, 5) is 14.9. The highest BCUT2D eigenvalue weighted by Gasteiger charge is 2.27. The van der Waals surface area contributed by atoms with Gasteiger partial charge in [-0.3, -0.25) is 9.48 Å². The summed E-state index contributed by atoms with van der Waals surface area (Å²) in [5, 5.41) is 10.5. The number of carbonyl (C=O) groups excluding carboxylic acids is 1. The molecule has 1 atom stereocenters. The summed E-state index contributed by atoms with van der Waals surface area (Å²) >= 11 is 0. The van der Waals surface area contributed by atoms with Gasteiger partial charge in [-0.2, -0.15) is 0 Å². The number of hydrogen-bond acceptors (Lipinski definition) is 5. The zero-order valence-electron chi connectivity index (χ0n) is 14.8. The van der Waals surface area contributed by atoms with Crippen LogP contribution in [0.15, 0.2) is 47.2 Å². The molecule has 2 aromatic heterocycles. The molecule has 1 amide bonds. The second-order valence-corrected chi connectivity index (χ2v) is 6.62. The van der Waals surface area contributed by atoms with E-state index in [1.807, 2.05) is 6.07 Å². The Morgan fingerprint density at radius 1 is 1.35 bits per heavy atom. The van der Waals surface area contributed by atoms with E-state index in [1.165, 1.54) is 11.3 Å². The molecule has 7 nitrogen and oxygen atoms in total. The highest BCUT2D eigenvalue weighted by atomic mass is 16.3. The lowest BCUT2D eigenvalue weighted by Gasteiger charge is -2.24. The predicted octanol–water partition coefficient (Wildman–Crippen LogP) is 2.29. The highest BCUT2D eigenvalue weighted by molar-refractivity contribution is 5.92. The normalized spacial score (nSPS) is 15.9. The average Bonchev–Trinajstić information content (AvgIpc) is 3.33. The second kappa shape index (κ2) is 6.67. The van der Waals surface area contributed by atoms with Gasteiger partial charge in [-0.05, 0) is 31.0 Å². The third-order valence-corrected chi connectivity index (χ3v) is 4.88. The van der Waals surface area contributed by atoms with Gasteiger partial charge in [0.25, 0.3) is 5.91 Å². The summed E-state index contributed by atoms with van der Waals surface area (Å²) in [6.45, 7) is 3.20. The van der Waals surface area contributed by atoms with Crippen LogP contribution in [0, 0.1) is 0 Å². The first-order valence-electron chi connectivity index (χ1n) is 8.66. The molecule has 3 aromatic rings. The topological polar surface area (TPSA) is 76.2 Å². The minimum atomic E-state index is -0.230. The summed E-state index contributed by atoms with van der Waals surface area (Å²) < 4.78 is 7.11. The van der Waals surface area contributed by atoms with Gasteiger partial charge >= 0.3 is 0 Å². The van der Waals surface area contributed by atoms with E-state index < -0.39 is 0 Å². The Bertz CT molecular complexity index is 929. The minimum absolute atomic E-state index is 0.230. The summed E-state index contributed by atoms with van der Waals surface area (Å²) in [6.07, 6.45) is 4.22. The van der Waals surface area contributed by atoms with Gasteiger partial charge < -0.3 is 14.6 Å². The van der Waals surface area contributed by atoms with Crippen LogP contribution in [-0.4, -0.2) is 26.9 Å². The zero-order chi connectivity index (χ0) is 18.1. The van der Waals surface area contributed by atoms with Crippen molar-refractivity contribution in [3.63, 3.8) is 0 Å². The second-order valence-electron chi connectivity index (χ2n) is 6.62. The number of para-hydroxylation sites is 1. The number of furan rings is 1. The van der Waals surface area contributed by atoms with E-state index in [1.54, 1.807) is 24.2 Å². The minimum Gasteiger partial charge on any atom is -0.459 e. The smallest absolute Gasteiger partial charge is 0.287 e. The molecule has 0 radical (unpaired) electrons. The fourth-order valence-electron chi connectivity index (χ4n) is 3.44. The molecule has 0 fully saturated rings. The van der Waals surface area contributed by atoms with Crippen LogP contribution in [0.25, 0.3) is 0 Å². The Labute approximate surface area is 151 Å². The summed E-state index contributed by atoms with van der Waals surface area (Å²) in [5.41, 5.74) is 4.29. The Morgan fingerprint density at radius 3 is 3.00 bits per heavy atom. The van der Waals surface area contributed by atoms with E-state index in [0.29, 0.717) is 24.9 Å². The van der Waals surface area contributed by atoms with Crippen LogP contribution in [0.2, 0.25) is 0 Å². The molecular formula is C19H21N5O2. The first-order valence-corrected chi connectivity index (χ1v) is 8.66. The van der Waals surface area contributed by atoms with E-state index in [-0.39, 0.29) is 5.91 Å². The van der Waals surface area contributed by atoms with E-state index in [2.05, 4.69) is 51.7 Å². The van der Waals surface area contributed by atoms with Crippen molar-refractivity contribution in [2.75, 3.05) is 4.90 Å². The molecule has 134 valence electrons. The van der Waals surface area contributed by atoms with Gasteiger partial charge in [-0.25, -0.2) is 0 Å². The largest absolute Gasteiger partial charge is 0.459 e. The maximum atomic E-state index is 12.6. The molecule has 3 heterocycles. The molecule has 1 unspecified atom stereocenters. The monoisotopic (exact) mass is 351 g/mol. The van der Waals surface area contributed by atoms with Gasteiger partial charge in [0.15, 0.2) is 5.76 Å². The molecule has 26 heavy (non-hydrogen) atoms. The molecule has 1 N–H and O–H groups in total. The maximum absolute atomic E-state index is 12.6. The van der Waals surface area contributed by atoms with Crippen LogP contribution < -0.4 is 10.2 Å². The van der Waals surface area contributed by atoms with Crippen molar-refractivity contribution in [1.82, 2.24) is 20.3 Å². The summed E-state index contributed by atoms with van der Waals surface area (Å²) in [5.74, 6) is 0.128. The summed E-state index contributed by atoms with van der Waals surface area (Å²) in [6, 6.07) is 10.7. The van der Waals surface area contributed by atoms with E-state index >= 15 is 0 Å². The van der Waals surface area contributed by atoms with Crippen LogP contribution in [0.1, 0.15) is 34.3 Å². The van der Waals surface area contributed by atoms with Crippen molar-refractivity contribution in [2.45, 2.75) is 32.5 Å². The van der Waals surface area contributed by atoms with Crippen molar-refractivity contribution in [3.05, 3.63) is 65.4 Å². The molecule has 0 aliphatic carbocycles. The van der Waals surface area contributed by atoms with Gasteiger partial charge in [-0.15, -0.1) is 5.10 Å². The molecular weight excluding hydrogens is 330 g/mol. The fourth-order valence-corrected chi connectivity index (χ4v) is 3.44. The number of rotatable bonds is 5. The number of nitrogens with one attached hydrogen (secondary N) is 1. The van der Waals surface area contributed by atoms with E-state index in [4.69, 9.17) is 4.42 Å². The van der Waals surface area contributed by atoms with Crippen molar-refractivity contribution in [3.8, 4) is 0 Å². The predicted molar refractivity (Wildman–Crippen MR) is 96.7 cm³/mol. The van der Waals surface area contributed by atoms with Crippen molar-refractivity contribution in [1.29, 1.82) is 0 Å². The molecule has 0 spiro atoms. The molecule has 1 aliphatic rings. The van der Waals surface area contributed by atoms with Crippen molar-refractivity contribution >= 4 is 11.6 Å². The van der Waals surface area contributed by atoms with Gasteiger partial charge in [0.1, 0.15) is 0 Å². The zero-order valence-corrected chi connectivity index (χ0v) is 14.8. The Morgan fingerprint density at radius 2 is 2.19 bits per heavy atom. The number of fused-ring (bicyclic) bond motifs is 1. The number of anilines is 1. The van der Waals surface area contributed by atoms with Gasteiger partial charge in [-0.1, -0.05) is 23.4 Å². The number of hydrogen-bond donors (Lipinski definition) is 1. The van der Waals surface area contributed by atoms with Crippen molar-refractivity contribution in [2.24, 2.45) is 7.05 Å². The fraction of sp³-hybridized carbons (Fsp3) is 0.316. The molecule has 0 saturated heterocycles. The SMILES string of the molecule is CC1Cc2ccccc2N1Cc1ccoc1C(=O)NCc1cnnn1C. The van der Waals surface area contributed by atoms with Crippen LogP contribution in [0.4, 0.5) is 5.69 Å². The lowest BCUT2D eigenvalue weighted by molar-refractivity contribution is 0.0921. The Balaban J connectivity index is 1.49. The van der Waals surface area contributed by atoms with E-state index in [0.717, 1.165) is 17.7 Å². The number of amides is 1. The van der Waals surface area contributed by atoms with Gasteiger partial charge in [0.05, 0.1) is 24.7 Å². The third-order valence-electron chi connectivity index (χ3n) is 4.88.